The quantitative estimate of drug-likeness (QED) is 0.671. The number of ether oxygens (including phenoxy) is 1. The third-order valence-corrected chi connectivity index (χ3v) is 3.13. The zero-order valence-corrected chi connectivity index (χ0v) is 11.9. The standard InChI is InChI=1S/C17H16O4/c1-11-6-5-7-13(10-11)21-15-9-4-3-8-14(15)16(18)12(2)17(19)20/h3-10,12H,1-2H3,(H,19,20). The van der Waals surface area contributed by atoms with E-state index in [4.69, 9.17) is 9.84 Å². The number of carbonyl (C=O) groups excluding carboxylic acids is 1. The van der Waals surface area contributed by atoms with Gasteiger partial charge >= 0.3 is 5.97 Å². The maximum atomic E-state index is 12.2. The number of para-hydroxylation sites is 1. The Morgan fingerprint density at radius 1 is 1.10 bits per heavy atom. The first-order chi connectivity index (χ1) is 9.99. The van der Waals surface area contributed by atoms with Gasteiger partial charge in [0.15, 0.2) is 5.78 Å². The predicted molar refractivity (Wildman–Crippen MR) is 78.8 cm³/mol. The van der Waals surface area contributed by atoms with Crippen LogP contribution in [-0.4, -0.2) is 16.9 Å². The highest BCUT2D eigenvalue weighted by molar-refractivity contribution is 6.09. The summed E-state index contributed by atoms with van der Waals surface area (Å²) in [5.41, 5.74) is 1.31. The number of carbonyl (C=O) groups is 2. The molecular formula is C17H16O4. The van der Waals surface area contributed by atoms with E-state index in [1.54, 1.807) is 30.3 Å². The first-order valence-electron chi connectivity index (χ1n) is 6.59. The van der Waals surface area contributed by atoms with Crippen molar-refractivity contribution >= 4 is 11.8 Å². The average Bonchev–Trinajstić information content (AvgIpc) is 2.46. The molecule has 0 aliphatic heterocycles. The molecule has 0 saturated heterocycles. The molecule has 2 rings (SSSR count). The number of aliphatic carboxylic acids is 1. The van der Waals surface area contributed by atoms with Crippen molar-refractivity contribution in [3.05, 3.63) is 59.7 Å². The van der Waals surface area contributed by atoms with Crippen LogP contribution in [0.3, 0.4) is 0 Å². The van der Waals surface area contributed by atoms with E-state index in [0.717, 1.165) is 5.56 Å². The van der Waals surface area contributed by atoms with Crippen LogP contribution in [0.1, 0.15) is 22.8 Å². The highest BCUT2D eigenvalue weighted by Gasteiger charge is 2.24. The minimum absolute atomic E-state index is 0.272. The minimum Gasteiger partial charge on any atom is -0.481 e. The molecule has 2 aromatic rings. The Morgan fingerprint density at radius 2 is 1.81 bits per heavy atom. The molecular weight excluding hydrogens is 268 g/mol. The van der Waals surface area contributed by atoms with Gasteiger partial charge in [-0.2, -0.15) is 0 Å². The van der Waals surface area contributed by atoms with Gasteiger partial charge in [0.2, 0.25) is 0 Å². The van der Waals surface area contributed by atoms with Crippen LogP contribution >= 0.6 is 0 Å². The van der Waals surface area contributed by atoms with Crippen LogP contribution in [0.5, 0.6) is 11.5 Å². The van der Waals surface area contributed by atoms with Gasteiger partial charge in [-0.25, -0.2) is 0 Å². The largest absolute Gasteiger partial charge is 0.481 e. The molecule has 0 radical (unpaired) electrons. The van der Waals surface area contributed by atoms with Crippen molar-refractivity contribution in [3.8, 4) is 11.5 Å². The van der Waals surface area contributed by atoms with E-state index in [1.807, 2.05) is 25.1 Å². The van der Waals surface area contributed by atoms with Gasteiger partial charge in [-0.15, -0.1) is 0 Å². The van der Waals surface area contributed by atoms with Crippen molar-refractivity contribution in [3.63, 3.8) is 0 Å². The summed E-state index contributed by atoms with van der Waals surface area (Å²) in [7, 11) is 0. The smallest absolute Gasteiger partial charge is 0.314 e. The second-order valence-corrected chi connectivity index (χ2v) is 4.84. The zero-order valence-electron chi connectivity index (χ0n) is 11.9. The van der Waals surface area contributed by atoms with Crippen LogP contribution in [0, 0.1) is 12.8 Å². The lowest BCUT2D eigenvalue weighted by Crippen LogP contribution is -2.21. The lowest BCUT2D eigenvalue weighted by atomic mass is 9.99. The number of benzene rings is 2. The fourth-order valence-corrected chi connectivity index (χ4v) is 1.91. The number of Topliss-reactive ketones (excluding diaryl/α,β-unsaturated/α-hetero) is 1. The topological polar surface area (TPSA) is 63.6 Å². The highest BCUT2D eigenvalue weighted by Crippen LogP contribution is 2.27. The van der Waals surface area contributed by atoms with Gasteiger partial charge in [0.25, 0.3) is 0 Å². The first-order valence-corrected chi connectivity index (χ1v) is 6.59. The molecule has 0 aliphatic rings. The Kier molecular flexibility index (Phi) is 4.38. The number of carboxylic acids is 1. The second kappa shape index (κ2) is 6.22. The molecule has 1 atom stereocenters. The van der Waals surface area contributed by atoms with Crippen molar-refractivity contribution in [1.82, 2.24) is 0 Å². The Labute approximate surface area is 123 Å². The summed E-state index contributed by atoms with van der Waals surface area (Å²) in [5, 5.41) is 8.97. The Bertz CT molecular complexity index is 676. The van der Waals surface area contributed by atoms with Gasteiger partial charge in [0.1, 0.15) is 17.4 Å². The lowest BCUT2D eigenvalue weighted by molar-refractivity contribution is -0.139. The van der Waals surface area contributed by atoms with Crippen LogP contribution in [0.25, 0.3) is 0 Å². The van der Waals surface area contributed by atoms with E-state index in [-0.39, 0.29) is 5.56 Å². The van der Waals surface area contributed by atoms with Gasteiger partial charge < -0.3 is 9.84 Å². The second-order valence-electron chi connectivity index (χ2n) is 4.84. The SMILES string of the molecule is Cc1cccc(Oc2ccccc2C(=O)C(C)C(=O)O)c1. The molecule has 0 saturated carbocycles. The summed E-state index contributed by atoms with van der Waals surface area (Å²) in [6, 6.07) is 14.1. The summed E-state index contributed by atoms with van der Waals surface area (Å²) < 4.78 is 5.73. The first kappa shape index (κ1) is 14.8. The lowest BCUT2D eigenvalue weighted by Gasteiger charge is -2.12. The van der Waals surface area contributed by atoms with E-state index in [0.29, 0.717) is 11.5 Å². The minimum atomic E-state index is -1.15. The normalized spacial score (nSPS) is 11.7. The van der Waals surface area contributed by atoms with Crippen LogP contribution in [-0.2, 0) is 4.79 Å². The number of hydrogen-bond acceptors (Lipinski definition) is 3. The number of rotatable bonds is 5. The molecule has 1 N–H and O–H groups in total. The molecule has 21 heavy (non-hydrogen) atoms. The predicted octanol–water partition coefficient (Wildman–Crippen LogP) is 3.69. The number of aryl methyl sites for hydroxylation is 1. The van der Waals surface area contributed by atoms with E-state index in [9.17, 15) is 9.59 Å². The Balaban J connectivity index is 2.33. The van der Waals surface area contributed by atoms with Gasteiger partial charge in [-0.3, -0.25) is 9.59 Å². The Hall–Kier alpha value is -2.62. The van der Waals surface area contributed by atoms with Crippen LogP contribution < -0.4 is 4.74 Å². The molecule has 2 aromatic carbocycles. The van der Waals surface area contributed by atoms with Gasteiger partial charge in [0.05, 0.1) is 5.56 Å². The van der Waals surface area contributed by atoms with Crippen molar-refractivity contribution in [2.24, 2.45) is 5.92 Å². The summed E-state index contributed by atoms with van der Waals surface area (Å²) >= 11 is 0. The maximum absolute atomic E-state index is 12.2. The Morgan fingerprint density at radius 3 is 2.48 bits per heavy atom. The van der Waals surface area contributed by atoms with Crippen LogP contribution in [0.15, 0.2) is 48.5 Å². The molecule has 0 spiro atoms. The fourth-order valence-electron chi connectivity index (χ4n) is 1.91. The zero-order chi connectivity index (χ0) is 15.4. The summed E-state index contributed by atoms with van der Waals surface area (Å²) in [5.74, 6) is -1.75. The number of hydrogen-bond donors (Lipinski definition) is 1. The maximum Gasteiger partial charge on any atom is 0.314 e. The van der Waals surface area contributed by atoms with Crippen molar-refractivity contribution in [1.29, 1.82) is 0 Å². The summed E-state index contributed by atoms with van der Waals surface area (Å²) in [6.07, 6.45) is 0. The number of carboxylic acid groups (broad SMARTS) is 1. The molecule has 4 heteroatoms. The molecule has 0 heterocycles. The third kappa shape index (κ3) is 3.48. The van der Waals surface area contributed by atoms with Gasteiger partial charge in [-0.1, -0.05) is 24.3 Å². The summed E-state index contributed by atoms with van der Waals surface area (Å²) in [6.45, 7) is 3.31. The monoisotopic (exact) mass is 284 g/mol. The van der Waals surface area contributed by atoms with Gasteiger partial charge in [0, 0.05) is 0 Å². The van der Waals surface area contributed by atoms with Gasteiger partial charge in [-0.05, 0) is 43.7 Å². The molecule has 0 fully saturated rings. The third-order valence-electron chi connectivity index (χ3n) is 3.13. The van der Waals surface area contributed by atoms with E-state index < -0.39 is 17.7 Å². The van der Waals surface area contributed by atoms with Crippen molar-refractivity contribution in [2.75, 3.05) is 0 Å². The van der Waals surface area contributed by atoms with E-state index >= 15 is 0 Å². The van der Waals surface area contributed by atoms with Crippen LogP contribution in [0.2, 0.25) is 0 Å². The van der Waals surface area contributed by atoms with Crippen molar-refractivity contribution in [2.45, 2.75) is 13.8 Å². The molecule has 108 valence electrons. The molecule has 0 bridgehead atoms. The molecule has 0 amide bonds. The van der Waals surface area contributed by atoms with Crippen LogP contribution in [0.4, 0.5) is 0 Å². The summed E-state index contributed by atoms with van der Waals surface area (Å²) in [4.78, 5) is 23.2. The molecule has 0 aliphatic carbocycles. The van der Waals surface area contributed by atoms with Crippen molar-refractivity contribution < 1.29 is 19.4 Å². The molecule has 4 nitrogen and oxygen atoms in total. The van der Waals surface area contributed by atoms with E-state index in [2.05, 4.69) is 0 Å². The fraction of sp³-hybridized carbons (Fsp3) is 0.176. The van der Waals surface area contributed by atoms with E-state index in [1.165, 1.54) is 6.92 Å². The average molecular weight is 284 g/mol. The molecule has 1 unspecified atom stereocenters. The highest BCUT2D eigenvalue weighted by atomic mass is 16.5. The number of ketones is 1. The molecule has 0 aromatic heterocycles.